The summed E-state index contributed by atoms with van der Waals surface area (Å²) >= 11 is 0. The van der Waals surface area contributed by atoms with Crippen LogP contribution in [0.2, 0.25) is 0 Å². The fourth-order valence-electron chi connectivity index (χ4n) is 4.58. The number of carbonyl (C=O) groups is 1. The van der Waals surface area contributed by atoms with Crippen molar-refractivity contribution in [3.05, 3.63) is 48.0 Å². The summed E-state index contributed by atoms with van der Waals surface area (Å²) in [4.78, 5) is 15.2. The predicted octanol–water partition coefficient (Wildman–Crippen LogP) is 2.74. The lowest BCUT2D eigenvalue weighted by atomic mass is 9.84. The molecule has 31 heavy (non-hydrogen) atoms. The highest BCUT2D eigenvalue weighted by atomic mass is 16.6. The van der Waals surface area contributed by atoms with E-state index in [1.807, 2.05) is 24.3 Å². The zero-order chi connectivity index (χ0) is 21.2. The van der Waals surface area contributed by atoms with Crippen LogP contribution < -0.4 is 24.3 Å². The van der Waals surface area contributed by atoms with Crippen molar-refractivity contribution >= 4 is 5.91 Å². The molecule has 164 valence electrons. The van der Waals surface area contributed by atoms with Gasteiger partial charge in [-0.1, -0.05) is 0 Å². The zero-order valence-corrected chi connectivity index (χ0v) is 17.7. The molecule has 3 saturated heterocycles. The molecule has 4 aliphatic heterocycles. The number of hydrogen-bond donors (Lipinski definition) is 1. The molecule has 2 atom stereocenters. The van der Waals surface area contributed by atoms with Crippen molar-refractivity contribution in [3.63, 3.8) is 0 Å². The molecule has 3 fully saturated rings. The Balaban J connectivity index is 1.16. The van der Waals surface area contributed by atoms with E-state index < -0.39 is 0 Å². The Morgan fingerprint density at radius 3 is 2.58 bits per heavy atom. The van der Waals surface area contributed by atoms with Crippen LogP contribution in [0.25, 0.3) is 0 Å². The van der Waals surface area contributed by atoms with E-state index >= 15 is 0 Å². The third-order valence-electron chi connectivity index (χ3n) is 6.39. The van der Waals surface area contributed by atoms with Gasteiger partial charge in [0.1, 0.15) is 24.7 Å². The van der Waals surface area contributed by atoms with E-state index in [1.165, 1.54) is 12.8 Å². The molecule has 4 heterocycles. The van der Waals surface area contributed by atoms with Gasteiger partial charge in [0.2, 0.25) is 0 Å². The van der Waals surface area contributed by atoms with Gasteiger partial charge in [0.05, 0.1) is 7.11 Å². The molecular weight excluding hydrogens is 396 g/mol. The summed E-state index contributed by atoms with van der Waals surface area (Å²) in [5.74, 6) is 3.31. The van der Waals surface area contributed by atoms with E-state index in [0.29, 0.717) is 36.2 Å². The molecule has 2 bridgehead atoms. The van der Waals surface area contributed by atoms with Crippen LogP contribution in [0.5, 0.6) is 23.0 Å². The van der Waals surface area contributed by atoms with E-state index in [0.717, 1.165) is 31.1 Å². The molecule has 6 rings (SSSR count). The zero-order valence-electron chi connectivity index (χ0n) is 17.7. The maximum atomic E-state index is 12.8. The highest BCUT2D eigenvalue weighted by Crippen LogP contribution is 2.33. The lowest BCUT2D eigenvalue weighted by Crippen LogP contribution is -2.57. The number of benzene rings is 2. The summed E-state index contributed by atoms with van der Waals surface area (Å²) in [7, 11) is 1.63. The van der Waals surface area contributed by atoms with Gasteiger partial charge in [0, 0.05) is 18.2 Å². The maximum Gasteiger partial charge on any atom is 0.251 e. The van der Waals surface area contributed by atoms with Crippen molar-refractivity contribution in [1.82, 2.24) is 10.2 Å². The maximum absolute atomic E-state index is 12.8. The van der Waals surface area contributed by atoms with Crippen LogP contribution in [0.4, 0.5) is 0 Å². The fourth-order valence-corrected chi connectivity index (χ4v) is 4.58. The monoisotopic (exact) mass is 424 g/mol. The minimum absolute atomic E-state index is 0.0462. The van der Waals surface area contributed by atoms with Gasteiger partial charge in [-0.3, -0.25) is 4.79 Å². The first-order valence-electron chi connectivity index (χ1n) is 10.9. The van der Waals surface area contributed by atoms with Gasteiger partial charge in [0.25, 0.3) is 5.91 Å². The topological polar surface area (TPSA) is 69.3 Å². The summed E-state index contributed by atoms with van der Waals surface area (Å²) in [6, 6.07) is 13.0. The summed E-state index contributed by atoms with van der Waals surface area (Å²) in [5.41, 5.74) is 0.603. The van der Waals surface area contributed by atoms with E-state index in [-0.39, 0.29) is 18.1 Å². The van der Waals surface area contributed by atoms with Gasteiger partial charge in [0.15, 0.2) is 17.6 Å². The highest BCUT2D eigenvalue weighted by Gasteiger charge is 2.35. The van der Waals surface area contributed by atoms with E-state index in [9.17, 15) is 4.79 Å². The lowest BCUT2D eigenvalue weighted by Gasteiger charge is -2.44. The molecule has 0 spiro atoms. The lowest BCUT2D eigenvalue weighted by molar-refractivity contribution is 0.0531. The second kappa shape index (κ2) is 8.67. The molecule has 0 unspecified atom stereocenters. The molecule has 7 heteroatoms. The van der Waals surface area contributed by atoms with Crippen LogP contribution in [-0.4, -0.2) is 62.9 Å². The molecular formula is C24H28N2O5. The Kier molecular flexibility index (Phi) is 5.59. The average Bonchev–Trinajstić information content (AvgIpc) is 2.83. The van der Waals surface area contributed by atoms with Gasteiger partial charge in [-0.2, -0.15) is 0 Å². The van der Waals surface area contributed by atoms with Crippen LogP contribution in [0.15, 0.2) is 42.5 Å². The van der Waals surface area contributed by atoms with Gasteiger partial charge in [-0.05, 0) is 74.3 Å². The fraction of sp³-hybridized carbons (Fsp3) is 0.458. The number of ether oxygens (including phenoxy) is 4. The Bertz CT molecular complexity index is 924. The van der Waals surface area contributed by atoms with Crippen molar-refractivity contribution in [2.24, 2.45) is 5.92 Å². The molecule has 1 N–H and O–H groups in total. The highest BCUT2D eigenvalue weighted by molar-refractivity contribution is 5.95. The predicted molar refractivity (Wildman–Crippen MR) is 115 cm³/mol. The van der Waals surface area contributed by atoms with Gasteiger partial charge in [-0.25, -0.2) is 0 Å². The minimum atomic E-state index is -0.221. The third kappa shape index (κ3) is 4.42. The van der Waals surface area contributed by atoms with Gasteiger partial charge in [-0.15, -0.1) is 0 Å². The van der Waals surface area contributed by atoms with Crippen molar-refractivity contribution in [3.8, 4) is 23.0 Å². The summed E-state index contributed by atoms with van der Waals surface area (Å²) in [5, 5.41) is 3.22. The number of hydrogen-bond acceptors (Lipinski definition) is 6. The smallest absolute Gasteiger partial charge is 0.251 e. The molecule has 1 amide bonds. The second-order valence-corrected chi connectivity index (χ2v) is 8.42. The van der Waals surface area contributed by atoms with Crippen LogP contribution in [0.3, 0.4) is 0 Å². The van der Waals surface area contributed by atoms with Crippen molar-refractivity contribution < 1.29 is 23.7 Å². The number of rotatable bonds is 6. The van der Waals surface area contributed by atoms with Crippen LogP contribution >= 0.6 is 0 Å². The first-order chi connectivity index (χ1) is 15.2. The molecule has 4 aliphatic rings. The number of methoxy groups -OCH3 is 1. The van der Waals surface area contributed by atoms with Crippen LogP contribution in [-0.2, 0) is 0 Å². The van der Waals surface area contributed by atoms with E-state index in [4.69, 9.17) is 18.9 Å². The standard InChI is InChI=1S/C24H28N2O5/c1-28-18-3-5-19(6-4-18)29-14-20-15-30-23-12-17(2-7-22(23)31-20)24(27)25-21-13-26-10-8-16(21)9-11-26/h2-7,12,16,20-21H,8-11,13-15H2,1H3,(H,25,27)/t20-,21-/m0/s1. The molecule has 7 nitrogen and oxygen atoms in total. The van der Waals surface area contributed by atoms with Crippen molar-refractivity contribution in [2.45, 2.75) is 25.0 Å². The quantitative estimate of drug-likeness (QED) is 0.769. The minimum Gasteiger partial charge on any atom is -0.497 e. The molecule has 0 aliphatic carbocycles. The molecule has 0 saturated carbocycles. The van der Waals surface area contributed by atoms with Crippen LogP contribution in [0, 0.1) is 5.92 Å². The Morgan fingerprint density at radius 2 is 1.87 bits per heavy atom. The number of piperidine rings is 3. The summed E-state index contributed by atoms with van der Waals surface area (Å²) in [6.07, 6.45) is 2.12. The number of amides is 1. The van der Waals surface area contributed by atoms with E-state index in [1.54, 1.807) is 25.3 Å². The van der Waals surface area contributed by atoms with E-state index in [2.05, 4.69) is 10.2 Å². The normalized spacial score (nSPS) is 26.2. The largest absolute Gasteiger partial charge is 0.497 e. The third-order valence-corrected chi connectivity index (χ3v) is 6.39. The molecule has 0 radical (unpaired) electrons. The second-order valence-electron chi connectivity index (χ2n) is 8.42. The first kappa shape index (κ1) is 20.0. The number of nitrogens with zero attached hydrogens (tertiary/aromatic N) is 1. The average molecular weight is 424 g/mol. The SMILES string of the molecule is COc1ccc(OC[C@H]2COc3cc(C(=O)N[C@H]4CN5CCC4CC5)ccc3O2)cc1. The van der Waals surface area contributed by atoms with Crippen LogP contribution in [0.1, 0.15) is 23.2 Å². The number of fused-ring (bicyclic) bond motifs is 4. The van der Waals surface area contributed by atoms with Gasteiger partial charge < -0.3 is 29.2 Å². The van der Waals surface area contributed by atoms with Crippen molar-refractivity contribution in [2.75, 3.05) is 40.0 Å². The summed E-state index contributed by atoms with van der Waals surface area (Å²) < 4.78 is 22.8. The van der Waals surface area contributed by atoms with Gasteiger partial charge >= 0.3 is 0 Å². The number of carbonyl (C=O) groups excluding carboxylic acids is 1. The Hall–Kier alpha value is -2.93. The molecule has 0 aromatic heterocycles. The van der Waals surface area contributed by atoms with Crippen molar-refractivity contribution in [1.29, 1.82) is 0 Å². The number of nitrogens with one attached hydrogen (secondary N) is 1. The Labute approximate surface area is 182 Å². The first-order valence-corrected chi connectivity index (χ1v) is 10.9. The summed E-state index contributed by atoms with van der Waals surface area (Å²) in [6.45, 7) is 4.01. The molecule has 2 aromatic rings. The Morgan fingerprint density at radius 1 is 1.10 bits per heavy atom. The molecule has 2 aromatic carbocycles.